The Bertz CT molecular complexity index is 984. The molecule has 0 saturated carbocycles. The fourth-order valence-electron chi connectivity index (χ4n) is 3.22. The average molecular weight is 344 g/mol. The van der Waals surface area contributed by atoms with Crippen molar-refractivity contribution in [2.24, 2.45) is 7.05 Å². The van der Waals surface area contributed by atoms with Gasteiger partial charge in [0.2, 0.25) is 0 Å². The molecule has 0 unspecified atom stereocenters. The van der Waals surface area contributed by atoms with Crippen molar-refractivity contribution < 1.29 is 14.3 Å². The molecule has 0 atom stereocenters. The van der Waals surface area contributed by atoms with Gasteiger partial charge in [0.05, 0.1) is 0 Å². The van der Waals surface area contributed by atoms with E-state index in [0.29, 0.717) is 17.2 Å². The maximum atomic E-state index is 12.9. The lowest BCUT2D eigenvalue weighted by molar-refractivity contribution is -0.145. The summed E-state index contributed by atoms with van der Waals surface area (Å²) in [5.41, 5.74) is 2.90. The van der Waals surface area contributed by atoms with Crippen molar-refractivity contribution in [2.45, 2.75) is 12.5 Å². The Kier molecular flexibility index (Phi) is 3.94. The van der Waals surface area contributed by atoms with Crippen molar-refractivity contribution in [3.8, 4) is 17.6 Å². The number of rotatable bonds is 3. The summed E-state index contributed by atoms with van der Waals surface area (Å²) < 4.78 is 13.2. The van der Waals surface area contributed by atoms with E-state index in [4.69, 9.17) is 14.7 Å². The highest BCUT2D eigenvalue weighted by Crippen LogP contribution is 2.44. The van der Waals surface area contributed by atoms with E-state index < -0.39 is 5.92 Å². The summed E-state index contributed by atoms with van der Waals surface area (Å²) in [6.07, 6.45) is 1.79. The molecule has 0 amide bonds. The van der Waals surface area contributed by atoms with Gasteiger partial charge in [-0.25, -0.2) is 0 Å². The molecule has 128 valence electrons. The minimum absolute atomic E-state index is 0.121. The molecule has 1 aliphatic heterocycles. The van der Waals surface area contributed by atoms with Gasteiger partial charge in [-0.05, 0) is 18.2 Å². The molecule has 26 heavy (non-hydrogen) atoms. The minimum Gasteiger partial charge on any atom is -0.460 e. The fourth-order valence-corrected chi connectivity index (χ4v) is 3.22. The van der Waals surface area contributed by atoms with E-state index >= 15 is 0 Å². The SMILES string of the molecule is Cn1cc(COC(=O)C2c3ccccc3Oc3ccccc32)cc1C#N. The van der Waals surface area contributed by atoms with Gasteiger partial charge in [0.1, 0.15) is 35.8 Å². The first-order chi connectivity index (χ1) is 12.7. The number of aryl methyl sites for hydroxylation is 1. The van der Waals surface area contributed by atoms with E-state index in [1.54, 1.807) is 23.9 Å². The van der Waals surface area contributed by atoms with Crippen molar-refractivity contribution in [3.63, 3.8) is 0 Å². The third-order valence-electron chi connectivity index (χ3n) is 4.47. The van der Waals surface area contributed by atoms with Crippen LogP contribution < -0.4 is 4.74 Å². The van der Waals surface area contributed by atoms with Gasteiger partial charge in [-0.2, -0.15) is 5.26 Å². The normalized spacial score (nSPS) is 12.5. The summed E-state index contributed by atoms with van der Waals surface area (Å²) in [5.74, 6) is 0.463. The molecular formula is C21H16N2O3. The second-order valence-corrected chi connectivity index (χ2v) is 6.17. The van der Waals surface area contributed by atoms with Crippen molar-refractivity contribution in [1.82, 2.24) is 4.57 Å². The van der Waals surface area contributed by atoms with Crippen LogP contribution >= 0.6 is 0 Å². The number of nitriles is 1. The Balaban J connectivity index is 1.62. The number of fused-ring (bicyclic) bond motifs is 2. The van der Waals surface area contributed by atoms with Crippen LogP contribution in [0.25, 0.3) is 0 Å². The zero-order chi connectivity index (χ0) is 18.1. The fraction of sp³-hybridized carbons (Fsp3) is 0.143. The molecule has 4 rings (SSSR count). The molecule has 0 radical (unpaired) electrons. The monoisotopic (exact) mass is 344 g/mol. The molecule has 0 bridgehead atoms. The predicted molar refractivity (Wildman–Crippen MR) is 94.7 cm³/mol. The van der Waals surface area contributed by atoms with Crippen LogP contribution in [0.15, 0.2) is 60.8 Å². The number of ether oxygens (including phenoxy) is 2. The summed E-state index contributed by atoms with van der Waals surface area (Å²) in [6.45, 7) is 0.121. The highest BCUT2D eigenvalue weighted by molar-refractivity contribution is 5.85. The topological polar surface area (TPSA) is 64.2 Å². The first-order valence-corrected chi connectivity index (χ1v) is 8.25. The van der Waals surface area contributed by atoms with Gasteiger partial charge in [0, 0.05) is 29.9 Å². The Labute approximate surface area is 151 Å². The molecule has 0 fully saturated rings. The quantitative estimate of drug-likeness (QED) is 0.677. The zero-order valence-corrected chi connectivity index (χ0v) is 14.2. The van der Waals surface area contributed by atoms with Crippen LogP contribution in [-0.2, 0) is 23.2 Å². The smallest absolute Gasteiger partial charge is 0.318 e. The highest BCUT2D eigenvalue weighted by atomic mass is 16.5. The first kappa shape index (κ1) is 16.0. The molecular weight excluding hydrogens is 328 g/mol. The van der Waals surface area contributed by atoms with Gasteiger partial charge in [0.25, 0.3) is 0 Å². The van der Waals surface area contributed by atoms with Crippen LogP contribution in [0.1, 0.15) is 28.3 Å². The first-order valence-electron chi connectivity index (χ1n) is 8.25. The standard InChI is InChI=1S/C21H16N2O3/c1-23-12-14(10-15(23)11-22)13-25-21(24)20-16-6-2-4-8-18(16)26-19-9-5-3-7-17(19)20/h2-10,12,20H,13H2,1H3. The molecule has 2 aromatic carbocycles. The Morgan fingerprint density at radius 3 is 2.35 bits per heavy atom. The second kappa shape index (κ2) is 6.41. The number of hydrogen-bond acceptors (Lipinski definition) is 4. The molecule has 5 nitrogen and oxygen atoms in total. The molecule has 1 aromatic heterocycles. The molecule has 0 N–H and O–H groups in total. The van der Waals surface area contributed by atoms with Crippen LogP contribution in [0.2, 0.25) is 0 Å². The molecule has 0 aliphatic carbocycles. The third kappa shape index (κ3) is 2.72. The molecule has 3 aromatic rings. The van der Waals surface area contributed by atoms with Crippen LogP contribution in [-0.4, -0.2) is 10.5 Å². The van der Waals surface area contributed by atoms with Gasteiger partial charge in [-0.1, -0.05) is 36.4 Å². The summed E-state index contributed by atoms with van der Waals surface area (Å²) in [7, 11) is 1.79. The van der Waals surface area contributed by atoms with E-state index in [-0.39, 0.29) is 12.6 Å². The zero-order valence-electron chi connectivity index (χ0n) is 14.2. The van der Waals surface area contributed by atoms with E-state index in [9.17, 15) is 4.79 Å². The molecule has 5 heteroatoms. The second-order valence-electron chi connectivity index (χ2n) is 6.17. The third-order valence-corrected chi connectivity index (χ3v) is 4.47. The Morgan fingerprint density at radius 1 is 1.15 bits per heavy atom. The largest absolute Gasteiger partial charge is 0.460 e. The lowest BCUT2D eigenvalue weighted by Crippen LogP contribution is -2.21. The number of carbonyl (C=O) groups is 1. The maximum Gasteiger partial charge on any atom is 0.318 e. The summed E-state index contributed by atoms with van der Waals surface area (Å²) in [6, 6.07) is 18.8. The van der Waals surface area contributed by atoms with Gasteiger partial charge in [-0.15, -0.1) is 0 Å². The number of aromatic nitrogens is 1. The lowest BCUT2D eigenvalue weighted by atomic mass is 9.88. The van der Waals surface area contributed by atoms with Crippen molar-refractivity contribution >= 4 is 5.97 Å². The average Bonchev–Trinajstić information content (AvgIpc) is 3.04. The van der Waals surface area contributed by atoms with Crippen molar-refractivity contribution in [3.05, 3.63) is 83.2 Å². The minimum atomic E-state index is -0.532. The number of nitrogens with zero attached hydrogens (tertiary/aromatic N) is 2. The van der Waals surface area contributed by atoms with Crippen LogP contribution in [0.4, 0.5) is 0 Å². The van der Waals surface area contributed by atoms with Crippen LogP contribution in [0.3, 0.4) is 0 Å². The summed E-state index contributed by atoms with van der Waals surface area (Å²) in [5, 5.41) is 9.04. The van der Waals surface area contributed by atoms with Gasteiger partial charge in [-0.3, -0.25) is 4.79 Å². The summed E-state index contributed by atoms with van der Waals surface area (Å²) >= 11 is 0. The van der Waals surface area contributed by atoms with Gasteiger partial charge in [0.15, 0.2) is 0 Å². The number of hydrogen-bond donors (Lipinski definition) is 0. The predicted octanol–water partition coefficient (Wildman–Crippen LogP) is 3.88. The number of benzene rings is 2. The van der Waals surface area contributed by atoms with Crippen molar-refractivity contribution in [2.75, 3.05) is 0 Å². The number of para-hydroxylation sites is 2. The lowest BCUT2D eigenvalue weighted by Gasteiger charge is -2.26. The maximum absolute atomic E-state index is 12.9. The van der Waals surface area contributed by atoms with Crippen LogP contribution in [0, 0.1) is 11.3 Å². The van der Waals surface area contributed by atoms with E-state index in [2.05, 4.69) is 6.07 Å². The van der Waals surface area contributed by atoms with E-state index in [1.165, 1.54) is 0 Å². The van der Waals surface area contributed by atoms with Crippen molar-refractivity contribution in [1.29, 1.82) is 5.26 Å². The van der Waals surface area contributed by atoms with E-state index in [1.807, 2.05) is 48.5 Å². The summed E-state index contributed by atoms with van der Waals surface area (Å²) in [4.78, 5) is 12.9. The van der Waals surface area contributed by atoms with Crippen LogP contribution in [0.5, 0.6) is 11.5 Å². The Morgan fingerprint density at radius 2 is 1.77 bits per heavy atom. The molecule has 1 aliphatic rings. The molecule has 0 spiro atoms. The number of carbonyl (C=O) groups excluding carboxylic acids is 1. The number of esters is 1. The van der Waals surface area contributed by atoms with Gasteiger partial charge < -0.3 is 14.0 Å². The highest BCUT2D eigenvalue weighted by Gasteiger charge is 2.33. The molecule has 2 heterocycles. The van der Waals surface area contributed by atoms with Gasteiger partial charge >= 0.3 is 5.97 Å². The van der Waals surface area contributed by atoms with E-state index in [0.717, 1.165) is 16.7 Å². The molecule has 0 saturated heterocycles. The Hall–Kier alpha value is -3.52.